The highest BCUT2D eigenvalue weighted by atomic mass is 19.3. The van der Waals surface area contributed by atoms with E-state index >= 15 is 0 Å². The van der Waals surface area contributed by atoms with Gasteiger partial charge in [-0.1, -0.05) is 0 Å². The van der Waals surface area contributed by atoms with E-state index in [1.807, 2.05) is 0 Å². The molecule has 6 nitrogen and oxygen atoms in total. The largest absolute Gasteiger partial charge is 0.347 e. The number of ketones is 2. The molecule has 1 aromatic carbocycles. The van der Waals surface area contributed by atoms with Crippen LogP contribution in [0.4, 0.5) is 13.2 Å². The van der Waals surface area contributed by atoms with Gasteiger partial charge < -0.3 is 5.32 Å². The molecule has 9 heteroatoms. The summed E-state index contributed by atoms with van der Waals surface area (Å²) in [6.45, 7) is 3.51. The van der Waals surface area contributed by atoms with Gasteiger partial charge in [0, 0.05) is 30.7 Å². The van der Waals surface area contributed by atoms with E-state index in [1.165, 1.54) is 0 Å². The summed E-state index contributed by atoms with van der Waals surface area (Å²) in [6, 6.07) is 2.27. The molecule has 2 aliphatic carbocycles. The number of rotatable bonds is 5. The molecule has 0 saturated heterocycles. The number of aryl methyl sites for hydroxylation is 2. The number of alkyl halides is 2. The second-order valence-corrected chi connectivity index (χ2v) is 8.24. The van der Waals surface area contributed by atoms with Crippen molar-refractivity contribution in [3.63, 3.8) is 0 Å². The lowest BCUT2D eigenvalue weighted by atomic mass is 9.86. The van der Waals surface area contributed by atoms with Crippen LogP contribution in [0.25, 0.3) is 11.4 Å². The SMILES string of the molecule is Cc1cc(-c2ncc(F)cn2)cc(C)c1C1C(=O)CC(CC(=O)NC2CC2(F)F)C1=O. The smallest absolute Gasteiger partial charge is 0.270 e. The molecule has 2 aliphatic rings. The average molecular weight is 431 g/mol. The molecule has 2 aromatic rings. The van der Waals surface area contributed by atoms with Gasteiger partial charge in [-0.05, 0) is 42.7 Å². The normalized spacial score (nSPS) is 24.4. The Kier molecular flexibility index (Phi) is 5.15. The van der Waals surface area contributed by atoms with Crippen molar-refractivity contribution in [1.29, 1.82) is 0 Å². The van der Waals surface area contributed by atoms with Gasteiger partial charge in [0.1, 0.15) is 11.7 Å². The molecule has 162 valence electrons. The van der Waals surface area contributed by atoms with Crippen molar-refractivity contribution in [2.45, 2.75) is 51.0 Å². The van der Waals surface area contributed by atoms with E-state index in [0.29, 0.717) is 28.1 Å². The fraction of sp³-hybridized carbons (Fsp3) is 0.409. The van der Waals surface area contributed by atoms with Crippen molar-refractivity contribution in [2.24, 2.45) is 5.92 Å². The van der Waals surface area contributed by atoms with Crippen LogP contribution in [-0.4, -0.2) is 39.4 Å². The Hall–Kier alpha value is -3.10. The third kappa shape index (κ3) is 4.08. The fourth-order valence-corrected chi connectivity index (χ4v) is 4.20. The zero-order valence-electron chi connectivity index (χ0n) is 16.9. The molecule has 0 bridgehead atoms. The second kappa shape index (κ2) is 7.55. The summed E-state index contributed by atoms with van der Waals surface area (Å²) in [4.78, 5) is 45.6. The number of hydrogen-bond acceptors (Lipinski definition) is 5. The summed E-state index contributed by atoms with van der Waals surface area (Å²) in [5, 5.41) is 2.22. The third-order valence-electron chi connectivity index (χ3n) is 5.81. The van der Waals surface area contributed by atoms with Gasteiger partial charge in [-0.2, -0.15) is 0 Å². The number of halogens is 3. The van der Waals surface area contributed by atoms with Crippen LogP contribution < -0.4 is 5.32 Å². The molecule has 2 saturated carbocycles. The number of carbonyl (C=O) groups excluding carboxylic acids is 3. The van der Waals surface area contributed by atoms with E-state index in [9.17, 15) is 27.6 Å². The molecule has 1 heterocycles. The number of Topliss-reactive ketones (excluding diaryl/α,β-unsaturated/α-hetero) is 2. The molecule has 1 amide bonds. The molecular weight excluding hydrogens is 411 g/mol. The molecule has 2 fully saturated rings. The minimum atomic E-state index is -2.89. The Balaban J connectivity index is 1.53. The van der Waals surface area contributed by atoms with Crippen LogP contribution >= 0.6 is 0 Å². The summed E-state index contributed by atoms with van der Waals surface area (Å²) in [6.07, 6.45) is 1.32. The Labute approximate surface area is 176 Å². The predicted octanol–water partition coefficient (Wildman–Crippen LogP) is 3.06. The summed E-state index contributed by atoms with van der Waals surface area (Å²) in [5.74, 6) is -6.28. The van der Waals surface area contributed by atoms with Gasteiger partial charge in [0.2, 0.25) is 5.91 Å². The Morgan fingerprint density at radius 2 is 1.74 bits per heavy atom. The van der Waals surface area contributed by atoms with Crippen LogP contribution in [0.2, 0.25) is 0 Å². The van der Waals surface area contributed by atoms with E-state index in [1.54, 1.807) is 26.0 Å². The highest BCUT2D eigenvalue weighted by molar-refractivity contribution is 6.15. The quantitative estimate of drug-likeness (QED) is 0.735. The molecule has 0 radical (unpaired) electrons. The number of nitrogens with zero attached hydrogens (tertiary/aromatic N) is 2. The van der Waals surface area contributed by atoms with Crippen LogP contribution in [0.3, 0.4) is 0 Å². The first-order valence-electron chi connectivity index (χ1n) is 9.89. The summed E-state index contributed by atoms with van der Waals surface area (Å²) >= 11 is 0. The third-order valence-corrected chi connectivity index (χ3v) is 5.81. The first kappa shape index (κ1) is 21.1. The standard InChI is InChI=1S/C22H20F3N3O3/c1-10-3-13(21-26-8-14(23)9-27-21)4-11(2)18(10)19-15(29)5-12(20(19)31)6-17(30)28-16-7-22(16,24)25/h3-4,8-9,12,16,19H,5-7H2,1-2H3,(H,28,30). The number of amides is 1. The van der Waals surface area contributed by atoms with E-state index in [-0.39, 0.29) is 24.4 Å². The van der Waals surface area contributed by atoms with Crippen molar-refractivity contribution >= 4 is 17.5 Å². The lowest BCUT2D eigenvalue weighted by Crippen LogP contribution is -2.31. The average Bonchev–Trinajstić information content (AvgIpc) is 3.19. The van der Waals surface area contributed by atoms with Crippen molar-refractivity contribution in [2.75, 3.05) is 0 Å². The molecular formula is C22H20F3N3O3. The van der Waals surface area contributed by atoms with Gasteiger partial charge in [-0.3, -0.25) is 14.4 Å². The number of aromatic nitrogens is 2. The molecule has 0 spiro atoms. The van der Waals surface area contributed by atoms with Crippen LogP contribution in [-0.2, 0) is 14.4 Å². The highest BCUT2D eigenvalue weighted by Crippen LogP contribution is 2.42. The van der Waals surface area contributed by atoms with Gasteiger partial charge in [0.25, 0.3) is 5.92 Å². The minimum Gasteiger partial charge on any atom is -0.347 e. The van der Waals surface area contributed by atoms with E-state index in [0.717, 1.165) is 12.4 Å². The topological polar surface area (TPSA) is 89.0 Å². The molecule has 1 N–H and O–H groups in total. The van der Waals surface area contributed by atoms with Crippen LogP contribution in [0.15, 0.2) is 24.5 Å². The number of carbonyl (C=O) groups is 3. The van der Waals surface area contributed by atoms with Crippen molar-refractivity contribution in [1.82, 2.24) is 15.3 Å². The summed E-state index contributed by atoms with van der Waals surface area (Å²) in [5.41, 5.74) is 2.55. The number of nitrogens with one attached hydrogen (secondary N) is 1. The van der Waals surface area contributed by atoms with Crippen LogP contribution in [0.1, 0.15) is 41.9 Å². The van der Waals surface area contributed by atoms with E-state index in [4.69, 9.17) is 0 Å². The molecule has 31 heavy (non-hydrogen) atoms. The Morgan fingerprint density at radius 1 is 1.16 bits per heavy atom. The van der Waals surface area contributed by atoms with Crippen LogP contribution in [0.5, 0.6) is 0 Å². The zero-order valence-corrected chi connectivity index (χ0v) is 16.9. The summed E-state index contributed by atoms with van der Waals surface area (Å²) < 4.78 is 39.1. The Morgan fingerprint density at radius 3 is 2.29 bits per heavy atom. The van der Waals surface area contributed by atoms with Gasteiger partial charge in [0.15, 0.2) is 17.4 Å². The molecule has 1 aromatic heterocycles. The second-order valence-electron chi connectivity index (χ2n) is 8.24. The Bertz CT molecular complexity index is 1060. The molecule has 0 aliphatic heterocycles. The van der Waals surface area contributed by atoms with E-state index < -0.39 is 41.9 Å². The molecule has 3 atom stereocenters. The lowest BCUT2D eigenvalue weighted by Gasteiger charge is -2.17. The fourth-order valence-electron chi connectivity index (χ4n) is 4.20. The van der Waals surface area contributed by atoms with Crippen molar-refractivity contribution < 1.29 is 27.6 Å². The van der Waals surface area contributed by atoms with Crippen LogP contribution in [0, 0.1) is 25.6 Å². The first-order valence-corrected chi connectivity index (χ1v) is 9.89. The predicted molar refractivity (Wildman–Crippen MR) is 104 cm³/mol. The maximum Gasteiger partial charge on any atom is 0.270 e. The zero-order chi connectivity index (χ0) is 22.5. The lowest BCUT2D eigenvalue weighted by molar-refractivity contribution is -0.128. The minimum absolute atomic E-state index is 0.0975. The maximum absolute atomic E-state index is 13.1. The number of hydrogen-bond donors (Lipinski definition) is 1. The number of benzene rings is 1. The molecule has 4 rings (SSSR count). The van der Waals surface area contributed by atoms with E-state index in [2.05, 4.69) is 15.3 Å². The van der Waals surface area contributed by atoms with Gasteiger partial charge in [-0.15, -0.1) is 0 Å². The van der Waals surface area contributed by atoms with Gasteiger partial charge in [0.05, 0.1) is 18.4 Å². The van der Waals surface area contributed by atoms with Crippen molar-refractivity contribution in [3.8, 4) is 11.4 Å². The van der Waals surface area contributed by atoms with Crippen molar-refractivity contribution in [3.05, 3.63) is 47.0 Å². The first-order chi connectivity index (χ1) is 14.6. The monoisotopic (exact) mass is 431 g/mol. The van der Waals surface area contributed by atoms with Gasteiger partial charge in [-0.25, -0.2) is 23.1 Å². The maximum atomic E-state index is 13.1. The van der Waals surface area contributed by atoms with Gasteiger partial charge >= 0.3 is 0 Å². The summed E-state index contributed by atoms with van der Waals surface area (Å²) in [7, 11) is 0. The molecule has 3 unspecified atom stereocenters. The highest BCUT2D eigenvalue weighted by Gasteiger charge is 2.58.